The molecular formula is C14H24N2O3. The van der Waals surface area contributed by atoms with Gasteiger partial charge in [-0.15, -0.1) is 0 Å². The van der Waals surface area contributed by atoms with Crippen molar-refractivity contribution in [1.29, 1.82) is 5.26 Å². The van der Waals surface area contributed by atoms with Crippen molar-refractivity contribution in [3.63, 3.8) is 0 Å². The van der Waals surface area contributed by atoms with E-state index in [1.54, 1.807) is 4.90 Å². The van der Waals surface area contributed by atoms with Crippen molar-refractivity contribution < 1.29 is 14.3 Å². The summed E-state index contributed by atoms with van der Waals surface area (Å²) in [7, 11) is 0. The second-order valence-corrected chi connectivity index (χ2v) is 5.12. The molecule has 0 unspecified atom stereocenters. The number of esters is 1. The van der Waals surface area contributed by atoms with Crippen LogP contribution < -0.4 is 0 Å². The third kappa shape index (κ3) is 6.80. The number of hydrogen-bond acceptors (Lipinski definition) is 4. The maximum Gasteiger partial charge on any atom is 0.302 e. The molecule has 1 amide bonds. The molecule has 0 aliphatic rings. The summed E-state index contributed by atoms with van der Waals surface area (Å²) < 4.78 is 5.01. The van der Waals surface area contributed by atoms with Crippen LogP contribution in [-0.4, -0.2) is 35.0 Å². The van der Waals surface area contributed by atoms with Gasteiger partial charge < -0.3 is 9.64 Å². The molecule has 0 spiro atoms. The summed E-state index contributed by atoms with van der Waals surface area (Å²) in [5.41, 5.74) is 0. The Kier molecular flexibility index (Phi) is 7.81. The van der Waals surface area contributed by atoms with E-state index in [9.17, 15) is 9.59 Å². The normalized spacial score (nSPS) is 12.1. The Balaban J connectivity index is 4.45. The van der Waals surface area contributed by atoms with Gasteiger partial charge in [0.1, 0.15) is 6.10 Å². The van der Waals surface area contributed by atoms with Crippen molar-refractivity contribution in [2.24, 2.45) is 0 Å². The Morgan fingerprint density at radius 2 is 1.74 bits per heavy atom. The fourth-order valence-electron chi connectivity index (χ4n) is 2.12. The van der Waals surface area contributed by atoms with Gasteiger partial charge in [-0.25, -0.2) is 0 Å². The highest BCUT2D eigenvalue weighted by molar-refractivity contribution is 5.76. The lowest BCUT2D eigenvalue weighted by molar-refractivity contribution is -0.148. The average Bonchev–Trinajstić information content (AvgIpc) is 2.24. The van der Waals surface area contributed by atoms with Gasteiger partial charge in [0.2, 0.25) is 5.91 Å². The smallest absolute Gasteiger partial charge is 0.302 e. The van der Waals surface area contributed by atoms with Crippen LogP contribution in [0.1, 0.15) is 53.9 Å². The van der Waals surface area contributed by atoms with Gasteiger partial charge in [0.25, 0.3) is 0 Å². The molecule has 0 fully saturated rings. The molecule has 0 aromatic rings. The molecule has 0 N–H and O–H groups in total. The van der Waals surface area contributed by atoms with Gasteiger partial charge in [-0.2, -0.15) is 5.26 Å². The first kappa shape index (κ1) is 17.4. The Morgan fingerprint density at radius 1 is 1.21 bits per heavy atom. The van der Waals surface area contributed by atoms with Crippen LogP contribution in [0.3, 0.4) is 0 Å². The highest BCUT2D eigenvalue weighted by atomic mass is 16.5. The van der Waals surface area contributed by atoms with E-state index in [0.29, 0.717) is 6.42 Å². The number of carbonyl (C=O) groups excluding carboxylic acids is 2. The summed E-state index contributed by atoms with van der Waals surface area (Å²) in [6.45, 7) is 9.18. The Hall–Kier alpha value is -1.57. The number of hydrogen-bond donors (Lipinski definition) is 0. The molecule has 0 aromatic heterocycles. The second kappa shape index (κ2) is 8.52. The zero-order valence-corrected chi connectivity index (χ0v) is 12.5. The molecular weight excluding hydrogens is 244 g/mol. The minimum Gasteiger partial charge on any atom is -0.461 e. The van der Waals surface area contributed by atoms with E-state index in [4.69, 9.17) is 10.00 Å². The lowest BCUT2D eigenvalue weighted by Gasteiger charge is -2.31. The zero-order valence-electron chi connectivity index (χ0n) is 12.5. The van der Waals surface area contributed by atoms with Gasteiger partial charge >= 0.3 is 5.97 Å². The van der Waals surface area contributed by atoms with Crippen LogP contribution in [0.25, 0.3) is 0 Å². The predicted octanol–water partition coefficient (Wildman–Crippen LogP) is 2.26. The van der Waals surface area contributed by atoms with Gasteiger partial charge in [-0.05, 0) is 34.1 Å². The molecule has 5 heteroatoms. The summed E-state index contributed by atoms with van der Waals surface area (Å²) in [5.74, 6) is -0.391. The number of nitrogens with zero attached hydrogens (tertiary/aromatic N) is 2. The first-order chi connectivity index (χ1) is 8.79. The molecule has 0 radical (unpaired) electrons. The standard InChI is InChI=1S/C14H24N2O3/c1-10(2)16(11(3)4)14(18)7-6-13(8-9-15)19-12(5)17/h10-11,13H,6-8H2,1-5H3/t13-/m0/s1. The lowest BCUT2D eigenvalue weighted by atomic mass is 10.1. The number of rotatable bonds is 7. The molecule has 0 saturated carbocycles. The van der Waals surface area contributed by atoms with Crippen LogP contribution >= 0.6 is 0 Å². The topological polar surface area (TPSA) is 70.4 Å². The van der Waals surface area contributed by atoms with Crippen molar-refractivity contribution in [2.45, 2.75) is 72.1 Å². The number of nitriles is 1. The molecule has 0 aliphatic carbocycles. The maximum atomic E-state index is 12.1. The highest BCUT2D eigenvalue weighted by Gasteiger charge is 2.21. The minimum absolute atomic E-state index is 0.0279. The molecule has 0 aromatic carbocycles. The van der Waals surface area contributed by atoms with Crippen molar-refractivity contribution >= 4 is 11.9 Å². The number of ether oxygens (including phenoxy) is 1. The van der Waals surface area contributed by atoms with Crippen LogP contribution in [0.5, 0.6) is 0 Å². The van der Waals surface area contributed by atoms with Crippen LogP contribution in [0, 0.1) is 11.3 Å². The monoisotopic (exact) mass is 268 g/mol. The van der Waals surface area contributed by atoms with Crippen molar-refractivity contribution in [1.82, 2.24) is 4.90 Å². The van der Waals surface area contributed by atoms with Crippen molar-refractivity contribution in [3.8, 4) is 6.07 Å². The lowest BCUT2D eigenvalue weighted by Crippen LogP contribution is -2.42. The van der Waals surface area contributed by atoms with E-state index in [-0.39, 0.29) is 30.8 Å². The van der Waals surface area contributed by atoms with Crippen LogP contribution in [-0.2, 0) is 14.3 Å². The molecule has 19 heavy (non-hydrogen) atoms. The fraction of sp³-hybridized carbons (Fsp3) is 0.786. The zero-order chi connectivity index (χ0) is 15.0. The number of amides is 1. The summed E-state index contributed by atoms with van der Waals surface area (Å²) in [6, 6.07) is 2.24. The Bertz CT molecular complexity index is 337. The quantitative estimate of drug-likeness (QED) is 0.664. The van der Waals surface area contributed by atoms with Crippen molar-refractivity contribution in [2.75, 3.05) is 0 Å². The molecule has 0 saturated heterocycles. The maximum absolute atomic E-state index is 12.1. The van der Waals surface area contributed by atoms with Gasteiger partial charge in [0.15, 0.2) is 0 Å². The minimum atomic E-state index is -0.493. The SMILES string of the molecule is CC(=O)O[C@H](CC#N)CCC(=O)N(C(C)C)C(C)C. The fourth-order valence-corrected chi connectivity index (χ4v) is 2.12. The van der Waals surface area contributed by atoms with Crippen LogP contribution in [0.4, 0.5) is 0 Å². The molecule has 0 heterocycles. The van der Waals surface area contributed by atoms with Crippen LogP contribution in [0.2, 0.25) is 0 Å². The Morgan fingerprint density at radius 3 is 2.11 bits per heavy atom. The molecule has 0 aliphatic heterocycles. The molecule has 0 rings (SSSR count). The second-order valence-electron chi connectivity index (χ2n) is 5.12. The molecule has 1 atom stereocenters. The third-order valence-corrected chi connectivity index (χ3v) is 2.73. The predicted molar refractivity (Wildman–Crippen MR) is 72.1 cm³/mol. The average molecular weight is 268 g/mol. The third-order valence-electron chi connectivity index (χ3n) is 2.73. The van der Waals surface area contributed by atoms with E-state index in [1.165, 1.54) is 6.92 Å². The summed E-state index contributed by atoms with van der Waals surface area (Å²) in [5, 5.41) is 8.66. The summed E-state index contributed by atoms with van der Waals surface area (Å²) >= 11 is 0. The molecule has 0 bridgehead atoms. The van der Waals surface area contributed by atoms with E-state index in [2.05, 4.69) is 0 Å². The largest absolute Gasteiger partial charge is 0.461 e. The van der Waals surface area contributed by atoms with E-state index in [1.807, 2.05) is 33.8 Å². The van der Waals surface area contributed by atoms with Gasteiger partial charge in [-0.3, -0.25) is 9.59 Å². The number of carbonyl (C=O) groups is 2. The Labute approximate surface area is 115 Å². The molecule has 108 valence electrons. The highest BCUT2D eigenvalue weighted by Crippen LogP contribution is 2.13. The first-order valence-corrected chi connectivity index (χ1v) is 6.64. The van der Waals surface area contributed by atoms with Gasteiger partial charge in [0.05, 0.1) is 12.5 Å². The van der Waals surface area contributed by atoms with E-state index in [0.717, 1.165) is 0 Å². The van der Waals surface area contributed by atoms with E-state index < -0.39 is 12.1 Å². The van der Waals surface area contributed by atoms with Crippen molar-refractivity contribution in [3.05, 3.63) is 0 Å². The summed E-state index contributed by atoms with van der Waals surface area (Å²) in [6.07, 6.45) is 0.307. The van der Waals surface area contributed by atoms with E-state index >= 15 is 0 Å². The molecule has 5 nitrogen and oxygen atoms in total. The summed E-state index contributed by atoms with van der Waals surface area (Å²) in [4.78, 5) is 24.8. The van der Waals surface area contributed by atoms with Gasteiger partial charge in [-0.1, -0.05) is 0 Å². The first-order valence-electron chi connectivity index (χ1n) is 6.64. The van der Waals surface area contributed by atoms with Crippen LogP contribution in [0.15, 0.2) is 0 Å². The van der Waals surface area contributed by atoms with Gasteiger partial charge in [0, 0.05) is 25.4 Å².